The highest BCUT2D eigenvalue weighted by Crippen LogP contribution is 2.33. The van der Waals surface area contributed by atoms with E-state index < -0.39 is 6.36 Å². The summed E-state index contributed by atoms with van der Waals surface area (Å²) in [7, 11) is 0. The van der Waals surface area contributed by atoms with Gasteiger partial charge in [-0.2, -0.15) is 0 Å². The van der Waals surface area contributed by atoms with Crippen molar-refractivity contribution in [3.63, 3.8) is 0 Å². The molecule has 1 heterocycles. The molecule has 0 aliphatic carbocycles. The van der Waals surface area contributed by atoms with E-state index in [1.54, 1.807) is 12.1 Å². The van der Waals surface area contributed by atoms with Crippen molar-refractivity contribution < 1.29 is 17.9 Å². The van der Waals surface area contributed by atoms with Crippen molar-refractivity contribution >= 4 is 21.6 Å². The molecule has 3 nitrogen and oxygen atoms in total. The summed E-state index contributed by atoms with van der Waals surface area (Å²) in [5, 5.41) is 6.32. The predicted molar refractivity (Wildman–Crippen MR) is 74.9 cm³/mol. The molecular formula is C13H16BrF3N2O. The largest absolute Gasteiger partial charge is 0.573 e. The molecule has 1 atom stereocenters. The maximum Gasteiger partial charge on any atom is 0.573 e. The fraction of sp³-hybridized carbons (Fsp3) is 0.538. The molecule has 112 valence electrons. The molecule has 2 N–H and O–H groups in total. The highest BCUT2D eigenvalue weighted by molar-refractivity contribution is 9.10. The first kappa shape index (κ1) is 15.4. The maximum atomic E-state index is 12.4. The summed E-state index contributed by atoms with van der Waals surface area (Å²) in [4.78, 5) is 0. The first-order valence-electron chi connectivity index (χ1n) is 6.44. The molecule has 0 aromatic heterocycles. The molecule has 1 aromatic rings. The molecule has 1 saturated heterocycles. The first-order valence-corrected chi connectivity index (χ1v) is 7.23. The zero-order chi connectivity index (χ0) is 14.6. The standard InChI is InChI=1S/C13H16BrF3N2O/c14-10-3-4-11(12(6-10)20-13(15,16)17)19-8-9-2-1-5-18-7-9/h3-4,6,9,18-19H,1-2,5,7-8H2. The van der Waals surface area contributed by atoms with Gasteiger partial charge in [-0.1, -0.05) is 15.9 Å². The van der Waals surface area contributed by atoms with Crippen LogP contribution in [0.4, 0.5) is 18.9 Å². The summed E-state index contributed by atoms with van der Waals surface area (Å²) in [5.41, 5.74) is 0.357. The molecular weight excluding hydrogens is 337 g/mol. The molecule has 0 radical (unpaired) electrons. The minimum atomic E-state index is -4.69. The molecule has 7 heteroatoms. The third-order valence-corrected chi connectivity index (χ3v) is 3.64. The molecule has 0 spiro atoms. The fourth-order valence-electron chi connectivity index (χ4n) is 2.20. The number of hydrogen-bond donors (Lipinski definition) is 2. The lowest BCUT2D eigenvalue weighted by atomic mass is 10.00. The van der Waals surface area contributed by atoms with Gasteiger partial charge >= 0.3 is 6.36 Å². The zero-order valence-corrected chi connectivity index (χ0v) is 12.4. The van der Waals surface area contributed by atoms with Gasteiger partial charge in [0.15, 0.2) is 5.75 Å². The number of rotatable bonds is 4. The Morgan fingerprint density at radius 3 is 2.85 bits per heavy atom. The number of alkyl halides is 3. The average molecular weight is 353 g/mol. The van der Waals surface area contributed by atoms with E-state index >= 15 is 0 Å². The number of benzene rings is 1. The van der Waals surface area contributed by atoms with E-state index in [0.717, 1.165) is 25.9 Å². The first-order chi connectivity index (χ1) is 9.44. The summed E-state index contributed by atoms with van der Waals surface area (Å²) >= 11 is 3.15. The highest BCUT2D eigenvalue weighted by atomic mass is 79.9. The Balaban J connectivity index is 2.02. The van der Waals surface area contributed by atoms with Gasteiger partial charge < -0.3 is 15.4 Å². The monoisotopic (exact) mass is 352 g/mol. The number of anilines is 1. The summed E-state index contributed by atoms with van der Waals surface area (Å²) in [6.45, 7) is 2.53. The highest BCUT2D eigenvalue weighted by Gasteiger charge is 2.32. The molecule has 0 amide bonds. The third kappa shape index (κ3) is 4.86. The molecule has 1 fully saturated rings. The smallest absolute Gasteiger partial charge is 0.404 e. The molecule has 1 aromatic carbocycles. The van der Waals surface area contributed by atoms with Crippen LogP contribution in [0, 0.1) is 5.92 Å². The normalized spacial score (nSPS) is 19.7. The summed E-state index contributed by atoms with van der Waals surface area (Å²) in [6.07, 6.45) is -2.52. The van der Waals surface area contributed by atoms with E-state index in [2.05, 4.69) is 31.3 Å². The van der Waals surface area contributed by atoms with Crippen molar-refractivity contribution in [3.8, 4) is 5.75 Å². The van der Waals surface area contributed by atoms with Crippen LogP contribution in [0.25, 0.3) is 0 Å². The van der Waals surface area contributed by atoms with Gasteiger partial charge in [0.05, 0.1) is 5.69 Å². The number of nitrogens with one attached hydrogen (secondary N) is 2. The third-order valence-electron chi connectivity index (χ3n) is 3.15. The predicted octanol–water partition coefficient (Wildman–Crippen LogP) is 3.76. The number of ether oxygens (including phenoxy) is 1. The van der Waals surface area contributed by atoms with E-state index in [1.807, 2.05) is 0 Å². The Bertz CT molecular complexity index is 448. The zero-order valence-electron chi connectivity index (χ0n) is 10.8. The van der Waals surface area contributed by atoms with Crippen LogP contribution in [0.1, 0.15) is 12.8 Å². The summed E-state index contributed by atoms with van der Waals surface area (Å²) in [5.74, 6) is 0.210. The molecule has 2 rings (SSSR count). The van der Waals surface area contributed by atoms with Gasteiger partial charge in [0.1, 0.15) is 0 Å². The van der Waals surface area contributed by atoms with Gasteiger partial charge in [-0.05, 0) is 50.0 Å². The second kappa shape index (κ2) is 6.67. The van der Waals surface area contributed by atoms with Crippen LogP contribution >= 0.6 is 15.9 Å². The van der Waals surface area contributed by atoms with Crippen LogP contribution in [0.3, 0.4) is 0 Å². The van der Waals surface area contributed by atoms with Crippen molar-refractivity contribution in [1.29, 1.82) is 0 Å². The second-order valence-electron chi connectivity index (χ2n) is 4.78. The van der Waals surface area contributed by atoms with Gasteiger partial charge in [0.2, 0.25) is 0 Å². The summed E-state index contributed by atoms with van der Waals surface area (Å²) < 4.78 is 41.7. The fourth-order valence-corrected chi connectivity index (χ4v) is 2.54. The van der Waals surface area contributed by atoms with Gasteiger partial charge in [0.25, 0.3) is 0 Å². The second-order valence-corrected chi connectivity index (χ2v) is 5.70. The van der Waals surface area contributed by atoms with Crippen LogP contribution in [0.2, 0.25) is 0 Å². The van der Waals surface area contributed by atoms with E-state index in [4.69, 9.17) is 0 Å². The molecule has 1 aliphatic heterocycles. The number of piperidine rings is 1. The minimum absolute atomic E-state index is 0.212. The number of halogens is 4. The van der Waals surface area contributed by atoms with Gasteiger partial charge in [0, 0.05) is 11.0 Å². The Labute approximate surface area is 124 Å². The Hall–Kier alpha value is -0.950. The average Bonchev–Trinajstić information content (AvgIpc) is 2.37. The van der Waals surface area contributed by atoms with Crippen LogP contribution in [-0.4, -0.2) is 26.0 Å². The molecule has 20 heavy (non-hydrogen) atoms. The Morgan fingerprint density at radius 1 is 1.40 bits per heavy atom. The lowest BCUT2D eigenvalue weighted by Crippen LogP contribution is -2.33. The van der Waals surface area contributed by atoms with E-state index in [9.17, 15) is 13.2 Å². The van der Waals surface area contributed by atoms with E-state index in [-0.39, 0.29) is 5.75 Å². The van der Waals surface area contributed by atoms with Crippen LogP contribution in [0.5, 0.6) is 5.75 Å². The van der Waals surface area contributed by atoms with Crippen molar-refractivity contribution in [3.05, 3.63) is 22.7 Å². The maximum absolute atomic E-state index is 12.4. The van der Waals surface area contributed by atoms with Crippen LogP contribution in [0.15, 0.2) is 22.7 Å². The lowest BCUT2D eigenvalue weighted by molar-refractivity contribution is -0.274. The molecule has 0 saturated carbocycles. The van der Waals surface area contributed by atoms with Crippen LogP contribution in [-0.2, 0) is 0 Å². The Morgan fingerprint density at radius 2 is 2.20 bits per heavy atom. The molecule has 1 unspecified atom stereocenters. The van der Waals surface area contributed by atoms with Crippen molar-refractivity contribution in [2.45, 2.75) is 19.2 Å². The SMILES string of the molecule is FC(F)(F)Oc1cc(Br)ccc1NCC1CCCNC1. The van der Waals surface area contributed by atoms with Crippen molar-refractivity contribution in [2.75, 3.05) is 25.0 Å². The minimum Gasteiger partial charge on any atom is -0.404 e. The van der Waals surface area contributed by atoms with Crippen molar-refractivity contribution in [1.82, 2.24) is 5.32 Å². The summed E-state index contributed by atoms with van der Waals surface area (Å²) in [6, 6.07) is 4.58. The molecule has 1 aliphatic rings. The number of hydrogen-bond acceptors (Lipinski definition) is 3. The topological polar surface area (TPSA) is 33.3 Å². The van der Waals surface area contributed by atoms with Crippen molar-refractivity contribution in [2.24, 2.45) is 5.92 Å². The van der Waals surface area contributed by atoms with Gasteiger partial charge in [-0.15, -0.1) is 13.2 Å². The van der Waals surface area contributed by atoms with Gasteiger partial charge in [-0.25, -0.2) is 0 Å². The van der Waals surface area contributed by atoms with Gasteiger partial charge in [-0.3, -0.25) is 0 Å². The van der Waals surface area contributed by atoms with Crippen LogP contribution < -0.4 is 15.4 Å². The lowest BCUT2D eigenvalue weighted by Gasteiger charge is -2.24. The molecule has 0 bridgehead atoms. The van der Waals surface area contributed by atoms with E-state index in [1.165, 1.54) is 6.07 Å². The Kier molecular flexibility index (Phi) is 5.15. The van der Waals surface area contributed by atoms with E-state index in [0.29, 0.717) is 22.6 Å². The quantitative estimate of drug-likeness (QED) is 0.865.